The molecule has 1 unspecified atom stereocenters. The number of hydrogen-bond acceptors (Lipinski definition) is 2. The Balaban J connectivity index is 2.39. The molecule has 2 N–H and O–H groups in total. The summed E-state index contributed by atoms with van der Waals surface area (Å²) in [6, 6.07) is 8.31. The summed E-state index contributed by atoms with van der Waals surface area (Å²) in [6.07, 6.45) is 0.868. The third-order valence-corrected chi connectivity index (χ3v) is 2.48. The van der Waals surface area contributed by atoms with E-state index in [-0.39, 0.29) is 6.04 Å². The molecule has 0 aliphatic heterocycles. The number of benzene rings is 1. The van der Waals surface area contributed by atoms with Gasteiger partial charge in [0.1, 0.15) is 0 Å². The van der Waals surface area contributed by atoms with Crippen LogP contribution in [0.15, 0.2) is 28.7 Å². The Bertz CT molecular complexity index is 260. The van der Waals surface area contributed by atoms with E-state index in [0.717, 1.165) is 17.5 Å². The third-order valence-electron chi connectivity index (χ3n) is 1.95. The Labute approximate surface area is 93.6 Å². The molecule has 0 heterocycles. The van der Waals surface area contributed by atoms with Crippen LogP contribution in [0.25, 0.3) is 0 Å². The highest BCUT2D eigenvalue weighted by molar-refractivity contribution is 9.10. The second kappa shape index (κ2) is 6.17. The van der Waals surface area contributed by atoms with E-state index < -0.39 is 0 Å². The number of hydrogen-bond donors (Lipinski definition) is 1. The monoisotopic (exact) mass is 257 g/mol. The van der Waals surface area contributed by atoms with Crippen LogP contribution in [0, 0.1) is 0 Å². The zero-order valence-electron chi connectivity index (χ0n) is 8.37. The van der Waals surface area contributed by atoms with Crippen molar-refractivity contribution in [1.82, 2.24) is 0 Å². The van der Waals surface area contributed by atoms with Crippen molar-refractivity contribution in [1.29, 1.82) is 0 Å². The summed E-state index contributed by atoms with van der Waals surface area (Å²) in [5.41, 5.74) is 7.14. The van der Waals surface area contributed by atoms with Crippen LogP contribution < -0.4 is 5.73 Å². The Hall–Kier alpha value is -0.380. The van der Waals surface area contributed by atoms with Gasteiger partial charge in [0.2, 0.25) is 0 Å². The smallest absolute Gasteiger partial charge is 0.0620 e. The first-order valence-corrected chi connectivity index (χ1v) is 5.59. The van der Waals surface area contributed by atoms with E-state index in [4.69, 9.17) is 10.5 Å². The molecule has 3 heteroatoms. The maximum Gasteiger partial charge on any atom is 0.0620 e. The minimum absolute atomic E-state index is 0.0936. The zero-order valence-corrected chi connectivity index (χ0v) is 9.96. The lowest BCUT2D eigenvalue weighted by molar-refractivity contribution is 0.133. The lowest BCUT2D eigenvalue weighted by atomic mass is 10.1. The molecule has 0 saturated carbocycles. The van der Waals surface area contributed by atoms with E-state index in [1.807, 2.05) is 19.1 Å². The fourth-order valence-electron chi connectivity index (χ4n) is 1.25. The van der Waals surface area contributed by atoms with Gasteiger partial charge in [-0.05, 0) is 31.0 Å². The number of nitrogens with two attached hydrogens (primary N) is 1. The summed E-state index contributed by atoms with van der Waals surface area (Å²) in [4.78, 5) is 0. The highest BCUT2D eigenvalue weighted by Gasteiger charge is 2.03. The largest absolute Gasteiger partial charge is 0.380 e. The Morgan fingerprint density at radius 3 is 2.57 bits per heavy atom. The number of rotatable bonds is 5. The fraction of sp³-hybridized carbons (Fsp3) is 0.455. The zero-order chi connectivity index (χ0) is 10.4. The summed E-state index contributed by atoms with van der Waals surface area (Å²) in [5.74, 6) is 0. The quantitative estimate of drug-likeness (QED) is 0.879. The van der Waals surface area contributed by atoms with Gasteiger partial charge in [0.25, 0.3) is 0 Å². The van der Waals surface area contributed by atoms with Gasteiger partial charge < -0.3 is 10.5 Å². The third kappa shape index (κ3) is 4.22. The Morgan fingerprint density at radius 1 is 1.36 bits per heavy atom. The molecule has 0 aliphatic rings. The standard InChI is InChI=1S/C11H16BrNO/c1-2-14-8-11(13)7-9-3-5-10(12)6-4-9/h3-6,11H,2,7-8,13H2,1H3. The molecule has 1 aromatic rings. The molecular formula is C11H16BrNO. The van der Waals surface area contributed by atoms with Crippen molar-refractivity contribution in [2.45, 2.75) is 19.4 Å². The van der Waals surface area contributed by atoms with Gasteiger partial charge in [-0.2, -0.15) is 0 Å². The van der Waals surface area contributed by atoms with Crippen molar-refractivity contribution >= 4 is 15.9 Å². The Kier molecular flexibility index (Phi) is 5.15. The molecule has 0 bridgehead atoms. The van der Waals surface area contributed by atoms with Crippen LogP contribution >= 0.6 is 15.9 Å². The molecule has 2 nitrogen and oxygen atoms in total. The minimum Gasteiger partial charge on any atom is -0.380 e. The van der Waals surface area contributed by atoms with E-state index in [9.17, 15) is 0 Å². The predicted molar refractivity (Wildman–Crippen MR) is 62.3 cm³/mol. The van der Waals surface area contributed by atoms with Crippen molar-refractivity contribution in [3.05, 3.63) is 34.3 Å². The van der Waals surface area contributed by atoms with Gasteiger partial charge in [-0.15, -0.1) is 0 Å². The molecule has 0 fully saturated rings. The molecule has 14 heavy (non-hydrogen) atoms. The predicted octanol–water partition coefficient (Wildman–Crippen LogP) is 2.36. The summed E-state index contributed by atoms with van der Waals surface area (Å²) >= 11 is 3.40. The van der Waals surface area contributed by atoms with Gasteiger partial charge in [-0.25, -0.2) is 0 Å². The molecule has 0 amide bonds. The molecule has 1 atom stereocenters. The maximum atomic E-state index is 5.89. The highest BCUT2D eigenvalue weighted by Crippen LogP contribution is 2.11. The van der Waals surface area contributed by atoms with E-state index >= 15 is 0 Å². The molecule has 0 spiro atoms. The van der Waals surface area contributed by atoms with Gasteiger partial charge in [-0.1, -0.05) is 28.1 Å². The van der Waals surface area contributed by atoms with Crippen LogP contribution in [-0.4, -0.2) is 19.3 Å². The van der Waals surface area contributed by atoms with Crippen molar-refractivity contribution in [2.75, 3.05) is 13.2 Å². The first kappa shape index (κ1) is 11.7. The lowest BCUT2D eigenvalue weighted by Crippen LogP contribution is -2.28. The number of ether oxygens (including phenoxy) is 1. The fourth-order valence-corrected chi connectivity index (χ4v) is 1.52. The molecule has 1 rings (SSSR count). The molecule has 78 valence electrons. The average molecular weight is 258 g/mol. The van der Waals surface area contributed by atoms with Crippen LogP contribution in [-0.2, 0) is 11.2 Å². The first-order chi connectivity index (χ1) is 6.72. The summed E-state index contributed by atoms with van der Waals surface area (Å²) < 4.78 is 6.35. The van der Waals surface area contributed by atoms with Crippen LogP contribution in [0.5, 0.6) is 0 Å². The van der Waals surface area contributed by atoms with Crippen molar-refractivity contribution < 1.29 is 4.74 Å². The SMILES string of the molecule is CCOCC(N)Cc1ccc(Br)cc1. The molecule has 1 aromatic carbocycles. The topological polar surface area (TPSA) is 35.2 Å². The van der Waals surface area contributed by atoms with Crippen LogP contribution in [0.1, 0.15) is 12.5 Å². The van der Waals surface area contributed by atoms with Crippen molar-refractivity contribution in [3.63, 3.8) is 0 Å². The molecular weight excluding hydrogens is 242 g/mol. The minimum atomic E-state index is 0.0936. The van der Waals surface area contributed by atoms with E-state index in [0.29, 0.717) is 6.61 Å². The second-order valence-corrected chi connectivity index (χ2v) is 4.17. The van der Waals surface area contributed by atoms with Crippen LogP contribution in [0.2, 0.25) is 0 Å². The van der Waals surface area contributed by atoms with E-state index in [2.05, 4.69) is 28.1 Å². The highest BCUT2D eigenvalue weighted by atomic mass is 79.9. The maximum absolute atomic E-state index is 5.89. The van der Waals surface area contributed by atoms with Gasteiger partial charge in [0, 0.05) is 17.1 Å². The van der Waals surface area contributed by atoms with E-state index in [1.165, 1.54) is 5.56 Å². The van der Waals surface area contributed by atoms with Gasteiger partial charge in [-0.3, -0.25) is 0 Å². The summed E-state index contributed by atoms with van der Waals surface area (Å²) in [5, 5.41) is 0. The second-order valence-electron chi connectivity index (χ2n) is 3.25. The molecule has 0 aliphatic carbocycles. The first-order valence-electron chi connectivity index (χ1n) is 4.80. The van der Waals surface area contributed by atoms with Crippen molar-refractivity contribution in [2.24, 2.45) is 5.73 Å². The molecule has 0 saturated heterocycles. The van der Waals surface area contributed by atoms with Gasteiger partial charge in [0.15, 0.2) is 0 Å². The van der Waals surface area contributed by atoms with E-state index in [1.54, 1.807) is 0 Å². The lowest BCUT2D eigenvalue weighted by Gasteiger charge is -2.11. The van der Waals surface area contributed by atoms with Crippen LogP contribution in [0.3, 0.4) is 0 Å². The Morgan fingerprint density at radius 2 is 2.00 bits per heavy atom. The molecule has 0 aromatic heterocycles. The normalized spacial score (nSPS) is 12.8. The van der Waals surface area contributed by atoms with Gasteiger partial charge >= 0.3 is 0 Å². The van der Waals surface area contributed by atoms with Gasteiger partial charge in [0.05, 0.1) is 6.61 Å². The molecule has 0 radical (unpaired) electrons. The average Bonchev–Trinajstić information content (AvgIpc) is 2.18. The van der Waals surface area contributed by atoms with Crippen LogP contribution in [0.4, 0.5) is 0 Å². The van der Waals surface area contributed by atoms with Crippen molar-refractivity contribution in [3.8, 4) is 0 Å². The summed E-state index contributed by atoms with van der Waals surface area (Å²) in [6.45, 7) is 3.34. The number of halogens is 1. The summed E-state index contributed by atoms with van der Waals surface area (Å²) in [7, 11) is 0.